The molecule has 3 N–H and O–H groups in total. The second-order valence-electron chi connectivity index (χ2n) is 2.79. The van der Waals surface area contributed by atoms with Crippen LogP contribution in [-0.2, 0) is 0 Å². The van der Waals surface area contributed by atoms with E-state index in [1.54, 1.807) is 0 Å². The zero-order chi connectivity index (χ0) is 10.6. The third-order valence-corrected chi connectivity index (χ3v) is 1.89. The van der Waals surface area contributed by atoms with Gasteiger partial charge in [-0.25, -0.2) is 0 Å². The van der Waals surface area contributed by atoms with Crippen molar-refractivity contribution in [1.29, 1.82) is 0 Å². The molecule has 2 nitrogen and oxygen atoms in total. The Morgan fingerprint density at radius 3 is 2.64 bits per heavy atom. The van der Waals surface area contributed by atoms with Gasteiger partial charge in [0.05, 0.1) is 0 Å². The summed E-state index contributed by atoms with van der Waals surface area (Å²) in [4.78, 5) is 0. The number of hydrogen-bond acceptors (Lipinski definition) is 2. The smallest absolute Gasteiger partial charge is 0.0478 e. The highest BCUT2D eigenvalue weighted by Crippen LogP contribution is 2.28. The lowest BCUT2D eigenvalue weighted by Crippen LogP contribution is -2.03. The minimum Gasteiger partial charge on any atom is -0.398 e. The van der Waals surface area contributed by atoms with Gasteiger partial charge >= 0.3 is 0 Å². The first-order valence-corrected chi connectivity index (χ1v) is 4.80. The first-order chi connectivity index (χ1) is 6.77. The van der Waals surface area contributed by atoms with Gasteiger partial charge in [-0.3, -0.25) is 0 Å². The molecule has 0 saturated heterocycles. The maximum atomic E-state index is 5.77. The Kier molecular flexibility index (Phi) is 3.35. The Morgan fingerprint density at radius 2 is 1.93 bits per heavy atom. The Hall–Kier alpha value is -1.70. The van der Waals surface area contributed by atoms with Gasteiger partial charge in [0.15, 0.2) is 0 Å². The lowest BCUT2D eigenvalue weighted by molar-refractivity contribution is 1.45. The van der Waals surface area contributed by atoms with Crippen LogP contribution in [0.5, 0.6) is 0 Å². The van der Waals surface area contributed by atoms with Crippen LogP contribution in [0, 0.1) is 0 Å². The van der Waals surface area contributed by atoms with Crippen molar-refractivity contribution in [2.75, 3.05) is 11.1 Å². The minimum atomic E-state index is 0.795. The molecule has 0 amide bonds. The molecule has 74 valence electrons. The zero-order valence-corrected chi connectivity index (χ0v) is 8.67. The number of allylic oxidation sites excluding steroid dienone is 1. The number of hydrogen-bond donors (Lipinski definition) is 2. The first kappa shape index (κ1) is 10.4. The van der Waals surface area contributed by atoms with Crippen LogP contribution in [-0.4, -0.2) is 0 Å². The van der Waals surface area contributed by atoms with E-state index in [1.165, 1.54) is 0 Å². The maximum absolute atomic E-state index is 5.77. The van der Waals surface area contributed by atoms with Crippen LogP contribution in [0.1, 0.15) is 19.4 Å². The van der Waals surface area contributed by atoms with Crippen LogP contribution in [0.4, 0.5) is 11.4 Å². The molecule has 0 unspecified atom stereocenters. The Labute approximate surface area is 85.1 Å². The van der Waals surface area contributed by atoms with Gasteiger partial charge in [-0.05, 0) is 24.3 Å². The van der Waals surface area contributed by atoms with E-state index in [0.717, 1.165) is 22.6 Å². The molecule has 1 aromatic carbocycles. The predicted molar refractivity (Wildman–Crippen MR) is 64.0 cm³/mol. The van der Waals surface area contributed by atoms with Crippen molar-refractivity contribution in [2.24, 2.45) is 0 Å². The third-order valence-electron chi connectivity index (χ3n) is 1.89. The molecule has 0 atom stereocenters. The summed E-state index contributed by atoms with van der Waals surface area (Å²) in [6, 6.07) is 5.80. The van der Waals surface area contributed by atoms with Crippen LogP contribution < -0.4 is 11.1 Å². The first-order valence-electron chi connectivity index (χ1n) is 4.80. The van der Waals surface area contributed by atoms with Gasteiger partial charge in [-0.15, -0.1) is 0 Å². The number of nitrogen functional groups attached to an aromatic ring is 1. The SMILES string of the molecule is C=C1C=Cc2c(N)cccc2N1.CC. The van der Waals surface area contributed by atoms with E-state index in [9.17, 15) is 0 Å². The summed E-state index contributed by atoms with van der Waals surface area (Å²) in [6.45, 7) is 7.80. The monoisotopic (exact) mass is 188 g/mol. The van der Waals surface area contributed by atoms with Crippen LogP contribution in [0.15, 0.2) is 36.6 Å². The summed E-state index contributed by atoms with van der Waals surface area (Å²) in [7, 11) is 0. The van der Waals surface area contributed by atoms with Crippen molar-refractivity contribution < 1.29 is 0 Å². The van der Waals surface area contributed by atoms with Crippen molar-refractivity contribution in [2.45, 2.75) is 13.8 Å². The highest BCUT2D eigenvalue weighted by molar-refractivity contribution is 5.81. The predicted octanol–water partition coefficient (Wildman–Crippen LogP) is 3.25. The van der Waals surface area contributed by atoms with Crippen molar-refractivity contribution in [3.05, 3.63) is 42.1 Å². The number of nitrogens with two attached hydrogens (primary N) is 1. The van der Waals surface area contributed by atoms with Crippen LogP contribution >= 0.6 is 0 Å². The van der Waals surface area contributed by atoms with Crippen LogP contribution in [0.2, 0.25) is 0 Å². The van der Waals surface area contributed by atoms with E-state index in [1.807, 2.05) is 44.2 Å². The van der Waals surface area contributed by atoms with Crippen molar-refractivity contribution in [1.82, 2.24) is 0 Å². The molecular formula is C12H16N2. The largest absolute Gasteiger partial charge is 0.398 e. The normalized spacial score (nSPS) is 12.3. The Bertz CT molecular complexity index is 365. The average Bonchev–Trinajstić information content (AvgIpc) is 2.21. The van der Waals surface area contributed by atoms with E-state index >= 15 is 0 Å². The van der Waals surface area contributed by atoms with Gasteiger partial charge in [-0.1, -0.05) is 26.5 Å². The maximum Gasteiger partial charge on any atom is 0.0478 e. The van der Waals surface area contributed by atoms with Crippen molar-refractivity contribution >= 4 is 17.5 Å². The van der Waals surface area contributed by atoms with E-state index in [0.29, 0.717) is 0 Å². The van der Waals surface area contributed by atoms with E-state index in [-0.39, 0.29) is 0 Å². The fourth-order valence-corrected chi connectivity index (χ4v) is 1.28. The molecule has 0 fully saturated rings. The zero-order valence-electron chi connectivity index (χ0n) is 8.67. The van der Waals surface area contributed by atoms with Gasteiger partial charge in [0.1, 0.15) is 0 Å². The second kappa shape index (κ2) is 4.51. The fraction of sp³-hybridized carbons (Fsp3) is 0.167. The number of anilines is 2. The van der Waals surface area contributed by atoms with Gasteiger partial charge in [0.25, 0.3) is 0 Å². The molecule has 0 aromatic heterocycles. The molecule has 1 aliphatic heterocycles. The lowest BCUT2D eigenvalue weighted by Gasteiger charge is -2.15. The number of nitrogens with one attached hydrogen (secondary N) is 1. The lowest BCUT2D eigenvalue weighted by atomic mass is 10.1. The van der Waals surface area contributed by atoms with E-state index in [2.05, 4.69) is 11.9 Å². The standard InChI is InChI=1S/C10H10N2.C2H6/c1-7-5-6-8-9(11)3-2-4-10(8)12-7;1-2/h2-6,12H,1,11H2;1-2H3. The second-order valence-corrected chi connectivity index (χ2v) is 2.79. The molecule has 0 saturated carbocycles. The summed E-state index contributed by atoms with van der Waals surface area (Å²) in [5.41, 5.74) is 9.53. The molecule has 1 heterocycles. The fourth-order valence-electron chi connectivity index (χ4n) is 1.28. The summed E-state index contributed by atoms with van der Waals surface area (Å²) >= 11 is 0. The molecule has 14 heavy (non-hydrogen) atoms. The molecule has 0 spiro atoms. The van der Waals surface area contributed by atoms with E-state index < -0.39 is 0 Å². The minimum absolute atomic E-state index is 0.795. The van der Waals surface area contributed by atoms with Gasteiger partial charge < -0.3 is 11.1 Å². The van der Waals surface area contributed by atoms with Crippen LogP contribution in [0.25, 0.3) is 6.08 Å². The van der Waals surface area contributed by atoms with Gasteiger partial charge in [0.2, 0.25) is 0 Å². The molecule has 2 heteroatoms. The Balaban J connectivity index is 0.000000461. The molecule has 1 aliphatic rings. The summed E-state index contributed by atoms with van der Waals surface area (Å²) in [5, 5.41) is 3.14. The number of fused-ring (bicyclic) bond motifs is 1. The highest BCUT2D eigenvalue weighted by atomic mass is 14.9. The van der Waals surface area contributed by atoms with E-state index in [4.69, 9.17) is 5.73 Å². The third kappa shape index (κ3) is 1.96. The Morgan fingerprint density at radius 1 is 1.21 bits per heavy atom. The summed E-state index contributed by atoms with van der Waals surface area (Å²) in [6.07, 6.45) is 3.89. The molecule has 0 radical (unpaired) electrons. The van der Waals surface area contributed by atoms with Gasteiger partial charge in [-0.2, -0.15) is 0 Å². The quantitative estimate of drug-likeness (QED) is 0.613. The molecule has 2 rings (SSSR count). The van der Waals surface area contributed by atoms with Crippen LogP contribution in [0.3, 0.4) is 0 Å². The summed E-state index contributed by atoms with van der Waals surface area (Å²) in [5.74, 6) is 0. The van der Waals surface area contributed by atoms with Crippen molar-refractivity contribution in [3.8, 4) is 0 Å². The van der Waals surface area contributed by atoms with Crippen molar-refractivity contribution in [3.63, 3.8) is 0 Å². The highest BCUT2D eigenvalue weighted by Gasteiger charge is 2.06. The topological polar surface area (TPSA) is 38.0 Å². The molecule has 1 aromatic rings. The summed E-state index contributed by atoms with van der Waals surface area (Å²) < 4.78 is 0. The molecular weight excluding hydrogens is 172 g/mol. The average molecular weight is 188 g/mol. The number of rotatable bonds is 0. The van der Waals surface area contributed by atoms with Gasteiger partial charge in [0, 0.05) is 22.6 Å². The molecule has 0 aliphatic carbocycles. The molecule has 0 bridgehead atoms. The number of benzene rings is 1.